The third-order valence-corrected chi connectivity index (χ3v) is 8.86. The molecule has 0 aliphatic rings. The van der Waals surface area contributed by atoms with Gasteiger partial charge in [-0.2, -0.15) is 0 Å². The summed E-state index contributed by atoms with van der Waals surface area (Å²) in [5, 5.41) is 2.80. The van der Waals surface area contributed by atoms with E-state index in [2.05, 4.69) is 24.0 Å². The first-order valence-electron chi connectivity index (χ1n) is 11.2. The van der Waals surface area contributed by atoms with Gasteiger partial charge in [-0.15, -0.1) is 0 Å². The molecule has 6 nitrogen and oxygen atoms in total. The molecule has 0 aliphatic carbocycles. The third-order valence-electron chi connectivity index (χ3n) is 5.25. The largest absolute Gasteiger partial charge is 0.505 e. The lowest BCUT2D eigenvalue weighted by atomic mass is 9.86. The van der Waals surface area contributed by atoms with Crippen molar-refractivity contribution < 1.29 is 18.1 Å². The van der Waals surface area contributed by atoms with Crippen LogP contribution in [0.5, 0.6) is 0 Å². The maximum absolute atomic E-state index is 11.7. The van der Waals surface area contributed by atoms with Gasteiger partial charge in [-0.1, -0.05) is 49.0 Å². The van der Waals surface area contributed by atoms with Gasteiger partial charge in [-0.05, 0) is 63.1 Å². The maximum atomic E-state index is 11.7. The van der Waals surface area contributed by atoms with Crippen LogP contribution in [-0.2, 0) is 18.1 Å². The van der Waals surface area contributed by atoms with Crippen LogP contribution in [0.25, 0.3) is 0 Å². The molecule has 3 N–H and O–H groups in total. The highest BCUT2D eigenvalue weighted by atomic mass is 28.4. The lowest BCUT2D eigenvalue weighted by molar-refractivity contribution is -0.111. The first-order chi connectivity index (χ1) is 15.5. The van der Waals surface area contributed by atoms with Gasteiger partial charge in [-0.3, -0.25) is 4.79 Å². The second kappa shape index (κ2) is 13.3. The Kier molecular flexibility index (Phi) is 10.8. The molecular weight excluding hydrogens is 420 g/mol. The number of nitrogens with one attached hydrogen (secondary N) is 1. The van der Waals surface area contributed by atoms with E-state index in [-0.39, 0.29) is 17.4 Å². The molecule has 0 aliphatic heterocycles. The van der Waals surface area contributed by atoms with Crippen LogP contribution in [0.15, 0.2) is 67.3 Å². The van der Waals surface area contributed by atoms with Crippen LogP contribution in [-0.4, -0.2) is 41.1 Å². The van der Waals surface area contributed by atoms with E-state index in [1.54, 1.807) is 0 Å². The summed E-state index contributed by atoms with van der Waals surface area (Å²) in [5.74, 6) is -0.283. The fourth-order valence-electron chi connectivity index (χ4n) is 4.06. The molecule has 32 heavy (non-hydrogen) atoms. The monoisotopic (exact) mass is 456 g/mol. The highest BCUT2D eigenvalue weighted by molar-refractivity contribution is 6.62. The van der Waals surface area contributed by atoms with Gasteiger partial charge in [0, 0.05) is 37.0 Å². The standard InChI is InChI=1S/C25H36N2O4Si/c1-5-24(28)27-22-16-14-21(15-17-22)25(20-12-10-9-11-13-20)23(18-19-26)32(29-6-2,30-7-3)31-8-4/h5,9-17,23,25H,1,6-8,18-19,26H2,2-4H3,(H,27,28). The molecule has 2 aromatic rings. The van der Waals surface area contributed by atoms with Crippen molar-refractivity contribution >= 4 is 20.4 Å². The molecule has 0 bridgehead atoms. The second-order valence-corrected chi connectivity index (χ2v) is 10.1. The molecule has 2 atom stereocenters. The van der Waals surface area contributed by atoms with E-state index in [1.165, 1.54) is 6.08 Å². The van der Waals surface area contributed by atoms with Crippen LogP contribution in [0.4, 0.5) is 5.69 Å². The summed E-state index contributed by atoms with van der Waals surface area (Å²) in [7, 11) is -3.08. The smallest absolute Gasteiger partial charge is 0.374 e. The quantitative estimate of drug-likeness (QED) is 0.318. The lowest BCUT2D eigenvalue weighted by Gasteiger charge is -2.39. The van der Waals surface area contributed by atoms with E-state index in [4.69, 9.17) is 19.0 Å². The zero-order chi connectivity index (χ0) is 23.4. The number of hydrogen-bond donors (Lipinski definition) is 2. The van der Waals surface area contributed by atoms with Crippen molar-refractivity contribution in [3.05, 3.63) is 78.4 Å². The Morgan fingerprint density at radius 1 is 0.969 bits per heavy atom. The molecule has 0 saturated heterocycles. The second-order valence-electron chi connectivity index (χ2n) is 7.29. The molecule has 0 heterocycles. The predicted molar refractivity (Wildman–Crippen MR) is 132 cm³/mol. The number of nitrogens with two attached hydrogens (primary N) is 1. The summed E-state index contributed by atoms with van der Waals surface area (Å²) in [5.41, 5.74) is 8.98. The SMILES string of the molecule is C=CC(=O)Nc1ccc(C(c2ccccc2)C(CCN)[Si](OCC)(OCC)OCC)cc1. The third kappa shape index (κ3) is 6.60. The number of hydrogen-bond acceptors (Lipinski definition) is 5. The van der Waals surface area contributed by atoms with Gasteiger partial charge in [0.2, 0.25) is 5.91 Å². The highest BCUT2D eigenvalue weighted by Gasteiger charge is 2.52. The molecule has 1 amide bonds. The van der Waals surface area contributed by atoms with Crippen LogP contribution in [0, 0.1) is 0 Å². The number of anilines is 1. The first kappa shape index (κ1) is 26.0. The normalized spacial score (nSPS) is 13.4. The fraction of sp³-hybridized carbons (Fsp3) is 0.400. The van der Waals surface area contributed by atoms with Crippen LogP contribution >= 0.6 is 0 Å². The average molecular weight is 457 g/mol. The minimum atomic E-state index is -3.08. The van der Waals surface area contributed by atoms with Gasteiger partial charge in [-0.25, -0.2) is 0 Å². The zero-order valence-corrected chi connectivity index (χ0v) is 20.4. The molecule has 0 radical (unpaired) electrons. The Morgan fingerprint density at radius 3 is 1.97 bits per heavy atom. The number of amides is 1. The van der Waals surface area contributed by atoms with Crippen molar-refractivity contribution in [2.24, 2.45) is 5.73 Å². The van der Waals surface area contributed by atoms with Crippen LogP contribution in [0.3, 0.4) is 0 Å². The van der Waals surface area contributed by atoms with Crippen LogP contribution in [0.1, 0.15) is 44.2 Å². The molecule has 2 rings (SSSR count). The van der Waals surface area contributed by atoms with Crippen molar-refractivity contribution in [2.75, 3.05) is 31.7 Å². The lowest BCUT2D eigenvalue weighted by Crippen LogP contribution is -2.52. The summed E-state index contributed by atoms with van der Waals surface area (Å²) in [6, 6.07) is 18.2. The van der Waals surface area contributed by atoms with Crippen LogP contribution < -0.4 is 11.1 Å². The molecule has 174 valence electrons. The van der Waals surface area contributed by atoms with Crippen LogP contribution in [0.2, 0.25) is 5.54 Å². The van der Waals surface area contributed by atoms with E-state index in [0.29, 0.717) is 38.5 Å². The maximum Gasteiger partial charge on any atom is 0.505 e. The van der Waals surface area contributed by atoms with Gasteiger partial charge in [0.25, 0.3) is 0 Å². The topological polar surface area (TPSA) is 82.8 Å². The molecular formula is C25H36N2O4Si. The summed E-state index contributed by atoms with van der Waals surface area (Å²) in [6.07, 6.45) is 1.95. The number of carbonyl (C=O) groups excluding carboxylic acids is 1. The van der Waals surface area contributed by atoms with E-state index < -0.39 is 8.80 Å². The van der Waals surface area contributed by atoms with E-state index >= 15 is 0 Å². The van der Waals surface area contributed by atoms with Gasteiger partial charge in [0.1, 0.15) is 0 Å². The van der Waals surface area contributed by atoms with Crippen molar-refractivity contribution in [3.63, 3.8) is 0 Å². The van der Waals surface area contributed by atoms with Gasteiger partial charge >= 0.3 is 8.80 Å². The predicted octanol–water partition coefficient (Wildman–Crippen LogP) is 4.71. The minimum absolute atomic E-state index is 0.0415. The average Bonchev–Trinajstić information content (AvgIpc) is 2.81. The molecule has 0 saturated carbocycles. The molecule has 2 unspecified atom stereocenters. The van der Waals surface area contributed by atoms with Crippen molar-refractivity contribution in [2.45, 2.75) is 38.7 Å². The number of carbonyl (C=O) groups is 1. The molecule has 0 aromatic heterocycles. The van der Waals surface area contributed by atoms with Crippen molar-refractivity contribution in [3.8, 4) is 0 Å². The molecule has 2 aromatic carbocycles. The van der Waals surface area contributed by atoms with E-state index in [1.807, 2.05) is 63.2 Å². The summed E-state index contributed by atoms with van der Waals surface area (Å²) < 4.78 is 18.9. The molecule has 0 spiro atoms. The number of benzene rings is 2. The van der Waals surface area contributed by atoms with E-state index in [9.17, 15) is 4.79 Å². The first-order valence-corrected chi connectivity index (χ1v) is 13.1. The molecule has 0 fully saturated rings. The van der Waals surface area contributed by atoms with Gasteiger partial charge in [0.15, 0.2) is 0 Å². The zero-order valence-electron chi connectivity index (χ0n) is 19.4. The number of rotatable bonds is 14. The Hall–Kier alpha value is -2.29. The Balaban J connectivity index is 2.60. The summed E-state index contributed by atoms with van der Waals surface area (Å²) in [6.45, 7) is 11.4. The van der Waals surface area contributed by atoms with Crippen molar-refractivity contribution in [1.29, 1.82) is 0 Å². The van der Waals surface area contributed by atoms with Gasteiger partial charge in [0.05, 0.1) is 0 Å². The Labute approximate surface area is 193 Å². The van der Waals surface area contributed by atoms with Crippen molar-refractivity contribution in [1.82, 2.24) is 0 Å². The summed E-state index contributed by atoms with van der Waals surface area (Å²) in [4.78, 5) is 11.7. The Bertz CT molecular complexity index is 813. The fourth-order valence-corrected chi connectivity index (χ4v) is 7.47. The molecule has 7 heteroatoms. The summed E-state index contributed by atoms with van der Waals surface area (Å²) >= 11 is 0. The Morgan fingerprint density at radius 2 is 1.50 bits per heavy atom. The van der Waals surface area contributed by atoms with Gasteiger partial charge < -0.3 is 24.3 Å². The minimum Gasteiger partial charge on any atom is -0.374 e. The van der Waals surface area contributed by atoms with E-state index in [0.717, 1.165) is 11.1 Å². The highest BCUT2D eigenvalue weighted by Crippen LogP contribution is 2.45.